The number of hydrogen-bond acceptors (Lipinski definition) is 6. The molecule has 8 nitrogen and oxygen atoms in total. The second-order valence-corrected chi connectivity index (χ2v) is 6.40. The van der Waals surface area contributed by atoms with E-state index in [1.165, 1.54) is 0 Å². The minimum atomic E-state index is -0.694. The maximum Gasteiger partial charge on any atom is 0.347 e. The number of nitrogens with one attached hydrogen (secondary N) is 4. The van der Waals surface area contributed by atoms with Crippen molar-refractivity contribution in [1.29, 1.82) is 0 Å². The predicted octanol–water partition coefficient (Wildman–Crippen LogP) is 0.988. The Morgan fingerprint density at radius 1 is 1.33 bits per heavy atom. The molecule has 1 heterocycles. The summed E-state index contributed by atoms with van der Waals surface area (Å²) in [5.41, 5.74) is 6.06. The number of carbonyl (C=O) groups excluding carboxylic acids is 2. The monoisotopic (exact) mass is 330 g/mol. The maximum absolute atomic E-state index is 11.4. The first-order valence-electron chi connectivity index (χ1n) is 6.15. The molecule has 1 atom stereocenters. The van der Waals surface area contributed by atoms with Gasteiger partial charge in [-0.15, -0.1) is 0 Å². The number of amides is 4. The number of nitrogens with two attached hydrogens (primary N) is 1. The first kappa shape index (κ1) is 17.4. The summed E-state index contributed by atoms with van der Waals surface area (Å²) < 4.78 is 0. The summed E-state index contributed by atoms with van der Waals surface area (Å²) in [6.07, 6.45) is 2.54. The smallest absolute Gasteiger partial charge is 0.334 e. The van der Waals surface area contributed by atoms with Gasteiger partial charge in [0.2, 0.25) is 0 Å². The zero-order chi connectivity index (χ0) is 15.5. The molecular weight excluding hydrogens is 312 g/mol. The van der Waals surface area contributed by atoms with E-state index in [1.807, 2.05) is 30.5 Å². The SMILES string of the molecule is CC(CCSSc1ccccn1)NC(=O)NNC(=O)NN. The summed E-state index contributed by atoms with van der Waals surface area (Å²) in [5.74, 6) is 5.71. The molecule has 0 saturated heterocycles. The van der Waals surface area contributed by atoms with Crippen molar-refractivity contribution < 1.29 is 9.59 Å². The Labute approximate surface area is 130 Å². The van der Waals surface area contributed by atoms with Crippen LogP contribution in [0.1, 0.15) is 13.3 Å². The van der Waals surface area contributed by atoms with Crippen molar-refractivity contribution >= 4 is 33.7 Å². The fourth-order valence-corrected chi connectivity index (χ4v) is 3.29. The number of nitrogens with zero attached hydrogens (tertiary/aromatic N) is 1. The molecule has 1 unspecified atom stereocenters. The molecule has 0 aliphatic rings. The van der Waals surface area contributed by atoms with E-state index in [9.17, 15) is 9.59 Å². The molecule has 0 radical (unpaired) electrons. The van der Waals surface area contributed by atoms with Crippen LogP contribution in [0.4, 0.5) is 9.59 Å². The topological polar surface area (TPSA) is 121 Å². The molecule has 0 fully saturated rings. The van der Waals surface area contributed by atoms with E-state index in [0.717, 1.165) is 17.2 Å². The zero-order valence-electron chi connectivity index (χ0n) is 11.5. The molecule has 0 aliphatic carbocycles. The molecule has 1 aromatic heterocycles. The molecule has 116 valence electrons. The Morgan fingerprint density at radius 3 is 2.76 bits per heavy atom. The van der Waals surface area contributed by atoms with E-state index in [4.69, 9.17) is 5.84 Å². The molecule has 0 aliphatic heterocycles. The van der Waals surface area contributed by atoms with E-state index in [0.29, 0.717) is 0 Å². The first-order valence-corrected chi connectivity index (χ1v) is 8.47. The van der Waals surface area contributed by atoms with Gasteiger partial charge < -0.3 is 5.32 Å². The van der Waals surface area contributed by atoms with E-state index in [1.54, 1.807) is 27.8 Å². The molecule has 0 bridgehead atoms. The molecule has 21 heavy (non-hydrogen) atoms. The van der Waals surface area contributed by atoms with Crippen molar-refractivity contribution in [3.8, 4) is 0 Å². The third-order valence-electron chi connectivity index (χ3n) is 2.21. The molecular formula is C11H18N6O2S2. The van der Waals surface area contributed by atoms with Gasteiger partial charge in [-0.05, 0) is 36.3 Å². The molecule has 0 aromatic carbocycles. The lowest BCUT2D eigenvalue weighted by molar-refractivity contribution is 0.222. The highest BCUT2D eigenvalue weighted by molar-refractivity contribution is 8.76. The van der Waals surface area contributed by atoms with Gasteiger partial charge in [-0.3, -0.25) is 5.43 Å². The average Bonchev–Trinajstić information content (AvgIpc) is 2.50. The number of pyridine rings is 1. The Bertz CT molecular complexity index is 448. The predicted molar refractivity (Wildman–Crippen MR) is 84.2 cm³/mol. The van der Waals surface area contributed by atoms with Crippen molar-refractivity contribution in [2.75, 3.05) is 5.75 Å². The largest absolute Gasteiger partial charge is 0.347 e. The van der Waals surface area contributed by atoms with Gasteiger partial charge in [-0.2, -0.15) is 0 Å². The number of urea groups is 2. The summed E-state index contributed by atoms with van der Waals surface area (Å²) in [7, 11) is 3.27. The Morgan fingerprint density at radius 2 is 2.10 bits per heavy atom. The summed E-state index contributed by atoms with van der Waals surface area (Å²) in [4.78, 5) is 26.3. The van der Waals surface area contributed by atoms with E-state index in [2.05, 4.69) is 21.2 Å². The maximum atomic E-state index is 11.4. The van der Waals surface area contributed by atoms with Crippen LogP contribution < -0.4 is 27.4 Å². The Kier molecular flexibility index (Phi) is 8.40. The molecule has 0 saturated carbocycles. The van der Waals surface area contributed by atoms with Crippen molar-refractivity contribution in [3.63, 3.8) is 0 Å². The minimum Gasteiger partial charge on any atom is -0.334 e. The molecule has 1 aromatic rings. The van der Waals surface area contributed by atoms with Gasteiger partial charge in [-0.1, -0.05) is 16.9 Å². The Hall–Kier alpha value is -1.65. The highest BCUT2D eigenvalue weighted by Crippen LogP contribution is 2.29. The third-order valence-corrected chi connectivity index (χ3v) is 4.51. The first-order chi connectivity index (χ1) is 10.1. The van der Waals surface area contributed by atoms with Crippen LogP contribution in [0.3, 0.4) is 0 Å². The fourth-order valence-electron chi connectivity index (χ4n) is 1.20. The third kappa shape index (κ3) is 8.27. The van der Waals surface area contributed by atoms with Gasteiger partial charge in [0.1, 0.15) is 5.03 Å². The Balaban J connectivity index is 2.09. The van der Waals surface area contributed by atoms with Gasteiger partial charge in [0.15, 0.2) is 0 Å². The number of hydrogen-bond donors (Lipinski definition) is 5. The standard InChI is InChI=1S/C11H18N6O2S2/c1-8(14-10(18)16-17-11(19)15-12)5-7-20-21-9-4-2-3-6-13-9/h2-4,6,8H,5,7,12H2,1H3,(H2,14,16,18)(H2,15,17,19). The summed E-state index contributed by atoms with van der Waals surface area (Å²) in [6.45, 7) is 1.88. The number of rotatable bonds is 6. The second-order valence-electron chi connectivity index (χ2n) is 3.96. The van der Waals surface area contributed by atoms with E-state index < -0.39 is 12.1 Å². The number of aromatic nitrogens is 1. The van der Waals surface area contributed by atoms with Gasteiger partial charge in [-0.25, -0.2) is 31.3 Å². The average molecular weight is 330 g/mol. The zero-order valence-corrected chi connectivity index (χ0v) is 13.1. The van der Waals surface area contributed by atoms with Crippen LogP contribution >= 0.6 is 21.6 Å². The van der Waals surface area contributed by atoms with Crippen molar-refractivity contribution in [3.05, 3.63) is 24.4 Å². The summed E-state index contributed by atoms with van der Waals surface area (Å²) >= 11 is 0. The quantitative estimate of drug-likeness (QED) is 0.174. The lowest BCUT2D eigenvalue weighted by atomic mass is 10.3. The van der Waals surface area contributed by atoms with Crippen LogP contribution in [0, 0.1) is 0 Å². The normalized spacial score (nSPS) is 11.3. The highest BCUT2D eigenvalue weighted by Gasteiger charge is 2.07. The summed E-state index contributed by atoms with van der Waals surface area (Å²) in [5, 5.41) is 3.64. The fraction of sp³-hybridized carbons (Fsp3) is 0.364. The van der Waals surface area contributed by atoms with Gasteiger partial charge in [0.25, 0.3) is 0 Å². The second kappa shape index (κ2) is 10.1. The van der Waals surface area contributed by atoms with Gasteiger partial charge >= 0.3 is 12.1 Å². The molecule has 1 rings (SSSR count). The lowest BCUT2D eigenvalue weighted by Gasteiger charge is -2.14. The van der Waals surface area contributed by atoms with Crippen molar-refractivity contribution in [1.82, 2.24) is 26.6 Å². The highest BCUT2D eigenvalue weighted by atomic mass is 33.1. The van der Waals surface area contributed by atoms with Crippen molar-refractivity contribution in [2.24, 2.45) is 5.84 Å². The molecule has 6 N–H and O–H groups in total. The van der Waals surface area contributed by atoms with Crippen LogP contribution in [-0.2, 0) is 0 Å². The van der Waals surface area contributed by atoms with Gasteiger partial charge in [0.05, 0.1) is 0 Å². The number of hydrazine groups is 2. The molecule has 4 amide bonds. The van der Waals surface area contributed by atoms with Gasteiger partial charge in [0, 0.05) is 18.0 Å². The molecule has 0 spiro atoms. The summed E-state index contributed by atoms with van der Waals surface area (Å²) in [6, 6.07) is 4.55. The van der Waals surface area contributed by atoms with Crippen LogP contribution in [-0.4, -0.2) is 28.8 Å². The molecule has 10 heteroatoms. The van der Waals surface area contributed by atoms with Crippen LogP contribution in [0.15, 0.2) is 29.4 Å². The van der Waals surface area contributed by atoms with Crippen LogP contribution in [0.25, 0.3) is 0 Å². The lowest BCUT2D eigenvalue weighted by Crippen LogP contribution is -2.53. The van der Waals surface area contributed by atoms with E-state index >= 15 is 0 Å². The minimum absolute atomic E-state index is 0.0235. The number of carbonyl (C=O) groups is 2. The van der Waals surface area contributed by atoms with Crippen LogP contribution in [0.2, 0.25) is 0 Å². The van der Waals surface area contributed by atoms with Crippen molar-refractivity contribution in [2.45, 2.75) is 24.4 Å². The van der Waals surface area contributed by atoms with Crippen LogP contribution in [0.5, 0.6) is 0 Å². The van der Waals surface area contributed by atoms with E-state index in [-0.39, 0.29) is 6.04 Å².